The monoisotopic (exact) mass is 277 g/mol. The highest BCUT2D eigenvalue weighted by molar-refractivity contribution is 5.93. The van der Waals surface area contributed by atoms with E-state index in [-0.39, 0.29) is 0 Å². The molecule has 2 aromatic rings. The predicted molar refractivity (Wildman–Crippen MR) is 90.1 cm³/mol. The van der Waals surface area contributed by atoms with Crippen LogP contribution in [0.3, 0.4) is 0 Å². The van der Waals surface area contributed by atoms with Crippen LogP contribution in [0.15, 0.2) is 53.5 Å². The predicted octanol–water partition coefficient (Wildman–Crippen LogP) is 4.94. The van der Waals surface area contributed by atoms with Crippen LogP contribution in [0.5, 0.6) is 0 Å². The fraction of sp³-hybridized carbons (Fsp3) is 0.350. The lowest BCUT2D eigenvalue weighted by atomic mass is 10.1. The third kappa shape index (κ3) is 2.78. The van der Waals surface area contributed by atoms with Crippen molar-refractivity contribution < 1.29 is 0 Å². The normalized spacial score (nSPS) is 18.6. The molecule has 0 amide bonds. The molecule has 0 heterocycles. The van der Waals surface area contributed by atoms with Crippen LogP contribution in [0.2, 0.25) is 0 Å². The molecule has 2 aromatic carbocycles. The van der Waals surface area contributed by atoms with E-state index < -0.39 is 0 Å². The second kappa shape index (κ2) is 6.26. The van der Waals surface area contributed by atoms with Gasteiger partial charge in [-0.25, -0.2) is 0 Å². The lowest BCUT2D eigenvalue weighted by molar-refractivity contribution is 0.713. The maximum absolute atomic E-state index is 5.05. The highest BCUT2D eigenvalue weighted by atomic mass is 14.8. The molecule has 0 unspecified atom stereocenters. The number of aryl methyl sites for hydroxylation is 1. The van der Waals surface area contributed by atoms with Gasteiger partial charge in [0.1, 0.15) is 0 Å². The zero-order chi connectivity index (χ0) is 14.7. The van der Waals surface area contributed by atoms with Gasteiger partial charge < -0.3 is 0 Å². The molecule has 0 saturated carbocycles. The van der Waals surface area contributed by atoms with E-state index in [1.54, 1.807) is 0 Å². The Kier molecular flexibility index (Phi) is 4.19. The third-order valence-electron chi connectivity index (χ3n) is 4.35. The Morgan fingerprint density at radius 2 is 1.38 bits per heavy atom. The Bertz CT molecular complexity index is 627. The number of hydrogen-bond acceptors (Lipinski definition) is 1. The topological polar surface area (TPSA) is 12.4 Å². The maximum Gasteiger partial charge on any atom is 0.0754 e. The largest absolute Gasteiger partial charge is 0.285 e. The molecule has 1 nitrogen and oxygen atoms in total. The van der Waals surface area contributed by atoms with Crippen molar-refractivity contribution in [3.63, 3.8) is 0 Å². The van der Waals surface area contributed by atoms with Gasteiger partial charge in [-0.05, 0) is 35.1 Å². The number of nitrogens with zero attached hydrogens (tertiary/aromatic N) is 1. The van der Waals surface area contributed by atoms with Crippen LogP contribution in [-0.4, -0.2) is 5.71 Å². The van der Waals surface area contributed by atoms with E-state index in [0.717, 1.165) is 12.8 Å². The molecular weight excluding hydrogens is 254 g/mol. The Morgan fingerprint density at radius 3 is 2.05 bits per heavy atom. The van der Waals surface area contributed by atoms with Gasteiger partial charge in [-0.3, -0.25) is 4.99 Å². The number of fused-ring (bicyclic) bond motifs is 2. The van der Waals surface area contributed by atoms with Gasteiger partial charge in [-0.15, -0.1) is 0 Å². The van der Waals surface area contributed by atoms with Crippen molar-refractivity contribution in [1.82, 2.24) is 0 Å². The van der Waals surface area contributed by atoms with Crippen LogP contribution in [0, 0.1) is 0 Å². The standard InChI is InChI=1S/C18H17N.C2H6/c1-2-7-15-12-16(11-14(15)6-1)19-18-10-9-13-5-3-4-8-17(13)18;1-2/h1-8,18H,9-12H2;1-2H3/t18-;/m0./s1. The first-order valence-electron chi connectivity index (χ1n) is 8.10. The minimum Gasteiger partial charge on any atom is -0.285 e. The van der Waals surface area contributed by atoms with Gasteiger partial charge in [0.05, 0.1) is 6.04 Å². The number of hydrogen-bond donors (Lipinski definition) is 0. The minimum atomic E-state index is 0.403. The van der Waals surface area contributed by atoms with Crippen LogP contribution in [0.25, 0.3) is 0 Å². The molecule has 0 saturated heterocycles. The Morgan fingerprint density at radius 1 is 0.810 bits per heavy atom. The molecule has 0 bridgehead atoms. The first-order valence-corrected chi connectivity index (χ1v) is 8.10. The fourth-order valence-electron chi connectivity index (χ4n) is 3.39. The lowest BCUT2D eigenvalue weighted by Crippen LogP contribution is -2.01. The second-order valence-corrected chi connectivity index (χ2v) is 5.57. The average Bonchev–Trinajstić information content (AvgIpc) is 3.13. The number of aliphatic imine (C=N–C) groups is 1. The Labute approximate surface area is 127 Å². The maximum atomic E-state index is 5.05. The van der Waals surface area contributed by atoms with E-state index in [2.05, 4.69) is 48.5 Å². The summed E-state index contributed by atoms with van der Waals surface area (Å²) in [5, 5.41) is 0. The molecule has 108 valence electrons. The summed E-state index contributed by atoms with van der Waals surface area (Å²) in [6, 6.07) is 17.9. The van der Waals surface area contributed by atoms with E-state index in [9.17, 15) is 0 Å². The Hall–Kier alpha value is -1.89. The van der Waals surface area contributed by atoms with Crippen molar-refractivity contribution in [2.45, 2.75) is 45.6 Å². The van der Waals surface area contributed by atoms with Crippen molar-refractivity contribution in [3.8, 4) is 0 Å². The molecule has 0 aromatic heterocycles. The van der Waals surface area contributed by atoms with Crippen LogP contribution < -0.4 is 0 Å². The summed E-state index contributed by atoms with van der Waals surface area (Å²) in [7, 11) is 0. The van der Waals surface area contributed by atoms with E-state index >= 15 is 0 Å². The van der Waals surface area contributed by atoms with E-state index in [1.165, 1.54) is 40.8 Å². The van der Waals surface area contributed by atoms with E-state index in [1.807, 2.05) is 13.8 Å². The van der Waals surface area contributed by atoms with Gasteiger partial charge in [-0.1, -0.05) is 62.4 Å². The van der Waals surface area contributed by atoms with Crippen molar-refractivity contribution in [1.29, 1.82) is 0 Å². The molecule has 4 rings (SSSR count). The lowest BCUT2D eigenvalue weighted by Gasteiger charge is -2.07. The van der Waals surface area contributed by atoms with Gasteiger partial charge in [0.2, 0.25) is 0 Å². The molecule has 0 radical (unpaired) electrons. The zero-order valence-corrected chi connectivity index (χ0v) is 13.0. The molecule has 0 aliphatic heterocycles. The molecule has 0 fully saturated rings. The van der Waals surface area contributed by atoms with E-state index in [0.29, 0.717) is 6.04 Å². The summed E-state index contributed by atoms with van der Waals surface area (Å²) in [4.78, 5) is 5.05. The molecular formula is C20H23N. The summed E-state index contributed by atoms with van der Waals surface area (Å²) in [6.07, 6.45) is 4.47. The van der Waals surface area contributed by atoms with Crippen molar-refractivity contribution >= 4 is 5.71 Å². The van der Waals surface area contributed by atoms with Gasteiger partial charge in [-0.2, -0.15) is 0 Å². The Balaban J connectivity index is 0.000000636. The van der Waals surface area contributed by atoms with Gasteiger partial charge in [0, 0.05) is 18.6 Å². The number of benzene rings is 2. The summed E-state index contributed by atoms with van der Waals surface area (Å²) < 4.78 is 0. The summed E-state index contributed by atoms with van der Waals surface area (Å²) >= 11 is 0. The minimum absolute atomic E-state index is 0.403. The number of rotatable bonds is 1. The SMILES string of the molecule is CC.c1ccc2c(c1)CC(=N[C@H]1CCc3ccccc31)C2. The van der Waals surface area contributed by atoms with Crippen LogP contribution in [-0.2, 0) is 19.3 Å². The van der Waals surface area contributed by atoms with Crippen LogP contribution in [0.4, 0.5) is 0 Å². The van der Waals surface area contributed by atoms with Crippen molar-refractivity contribution in [2.24, 2.45) is 4.99 Å². The first kappa shape index (κ1) is 14.1. The molecule has 1 heteroatoms. The van der Waals surface area contributed by atoms with E-state index in [4.69, 9.17) is 4.99 Å². The van der Waals surface area contributed by atoms with Crippen molar-refractivity contribution in [3.05, 3.63) is 70.8 Å². The fourth-order valence-corrected chi connectivity index (χ4v) is 3.39. The first-order chi connectivity index (χ1) is 10.4. The molecule has 1 atom stereocenters. The van der Waals surface area contributed by atoms with Gasteiger partial charge in [0.25, 0.3) is 0 Å². The third-order valence-corrected chi connectivity index (χ3v) is 4.35. The molecule has 0 N–H and O–H groups in total. The molecule has 2 aliphatic rings. The van der Waals surface area contributed by atoms with Crippen LogP contribution in [0.1, 0.15) is 48.6 Å². The zero-order valence-electron chi connectivity index (χ0n) is 13.0. The smallest absolute Gasteiger partial charge is 0.0754 e. The summed E-state index contributed by atoms with van der Waals surface area (Å²) in [6.45, 7) is 4.00. The second-order valence-electron chi connectivity index (χ2n) is 5.57. The highest BCUT2D eigenvalue weighted by Crippen LogP contribution is 2.35. The van der Waals surface area contributed by atoms with Gasteiger partial charge in [0.15, 0.2) is 0 Å². The summed E-state index contributed by atoms with van der Waals surface area (Å²) in [5.41, 5.74) is 7.24. The molecule has 2 aliphatic carbocycles. The summed E-state index contributed by atoms with van der Waals surface area (Å²) in [5.74, 6) is 0. The average molecular weight is 277 g/mol. The van der Waals surface area contributed by atoms with Crippen molar-refractivity contribution in [2.75, 3.05) is 0 Å². The molecule has 0 spiro atoms. The highest BCUT2D eigenvalue weighted by Gasteiger charge is 2.23. The molecule has 21 heavy (non-hydrogen) atoms. The van der Waals surface area contributed by atoms with Gasteiger partial charge >= 0.3 is 0 Å². The quantitative estimate of drug-likeness (QED) is 0.700. The van der Waals surface area contributed by atoms with Crippen LogP contribution >= 0.6 is 0 Å².